The zero-order valence-corrected chi connectivity index (χ0v) is 36.1. The van der Waals surface area contributed by atoms with Crippen LogP contribution in [0.1, 0.15) is 64.5 Å². The van der Waals surface area contributed by atoms with Crippen molar-refractivity contribution >= 4 is 57.6 Å². The Bertz CT molecular complexity index is 2260. The summed E-state index contributed by atoms with van der Waals surface area (Å²) in [4.78, 5) is 65.7. The smallest absolute Gasteiger partial charge is 0.328 e. The topological polar surface area (TPSA) is 313 Å². The normalized spacial score (nSPS) is 11.7. The Morgan fingerprint density at radius 3 is 1.65 bits per heavy atom. The summed E-state index contributed by atoms with van der Waals surface area (Å²) in [5.74, 6) is -3.44. The van der Waals surface area contributed by atoms with Crippen molar-refractivity contribution in [2.75, 3.05) is 47.6 Å². The van der Waals surface area contributed by atoms with Crippen LogP contribution in [0.5, 0.6) is 23.0 Å². The van der Waals surface area contributed by atoms with E-state index in [0.717, 1.165) is 11.1 Å². The molecule has 0 aliphatic carbocycles. The van der Waals surface area contributed by atoms with Gasteiger partial charge in [-0.25, -0.2) is 9.59 Å². The molecule has 0 spiro atoms. The van der Waals surface area contributed by atoms with Crippen LogP contribution in [0.3, 0.4) is 0 Å². The summed E-state index contributed by atoms with van der Waals surface area (Å²) in [6, 6.07) is 0.712. The van der Waals surface area contributed by atoms with Crippen LogP contribution >= 0.6 is 0 Å². The molecule has 2 amide bonds. The van der Waals surface area contributed by atoms with Gasteiger partial charge in [0.2, 0.25) is 5.43 Å². The maximum atomic E-state index is 14.6. The molecule has 0 saturated heterocycles. The highest BCUT2D eigenvalue weighted by Crippen LogP contribution is 2.41. The number of hydrogen-bond donors (Lipinski definition) is 9. The third kappa shape index (κ3) is 14.1. The number of aromatic hydroxyl groups is 1. The van der Waals surface area contributed by atoms with Gasteiger partial charge in [0.15, 0.2) is 36.6 Å². The van der Waals surface area contributed by atoms with Crippen molar-refractivity contribution in [3.63, 3.8) is 0 Å². The number of amides is 2. The molecule has 0 aliphatic rings. The number of guanidine groups is 2. The van der Waals surface area contributed by atoms with Crippen molar-refractivity contribution in [3.8, 4) is 23.0 Å². The number of rotatable bonds is 23. The number of nitrogens with two attached hydrogens (primary N) is 2. The van der Waals surface area contributed by atoms with Crippen LogP contribution in [-0.4, -0.2) is 100 Å². The summed E-state index contributed by atoms with van der Waals surface area (Å²) in [7, 11) is 3.75. The number of esters is 2. The molecule has 2 unspecified atom stereocenters. The number of carbonyl (C=O) groups excluding carboxylic acids is 4. The lowest BCUT2D eigenvalue weighted by Gasteiger charge is -2.19. The Morgan fingerprint density at radius 2 is 1.19 bits per heavy atom. The first-order valence-corrected chi connectivity index (χ1v) is 19.7. The standard InChI is InChI=1S/C42H58N8O12/c1-22(2)12-14-24-28(60-20-32(51)49-26(39(55)58-6)10-8-16-47-41(43)44)18-30-35(36(24)53)37(54)34-25(15-13-23(3)4)38(57-5)31(19-29(34)62-30)61-21-33(52)50-27(40(56)59-7)11-9-17-48-42(45)46/h12-13,18-19,26-27,53H,8-11,14-17,20-21H2,1-7H3,(H,49,51)(H,50,52)(H4,43,44,47)(H4,45,46,48). The molecule has 3 rings (SSSR count). The number of phenols is 1. The van der Waals surface area contributed by atoms with Crippen LogP contribution in [-0.2, 0) is 41.5 Å². The average Bonchev–Trinajstić information content (AvgIpc) is 3.21. The SMILES string of the molecule is COC(=O)C(CCCNC(=N)N)NC(=O)COc1cc2oc3cc(OCC(=O)NC(CCCNC(=N)N)C(=O)OC)c(OC)c(CC=C(C)C)c3c(=O)c2c(O)c1CC=C(C)C. The Kier molecular flexibility index (Phi) is 18.9. The van der Waals surface area contributed by atoms with Gasteiger partial charge in [-0.2, -0.15) is 0 Å². The number of carbonyl (C=O) groups is 4. The van der Waals surface area contributed by atoms with Crippen molar-refractivity contribution in [3.05, 3.63) is 56.8 Å². The summed E-state index contributed by atoms with van der Waals surface area (Å²) in [5, 5.41) is 36.7. The van der Waals surface area contributed by atoms with Crippen LogP contribution in [0.25, 0.3) is 21.9 Å². The molecule has 0 saturated carbocycles. The third-order valence-electron chi connectivity index (χ3n) is 9.27. The van der Waals surface area contributed by atoms with Crippen molar-refractivity contribution in [1.82, 2.24) is 21.3 Å². The predicted molar refractivity (Wildman–Crippen MR) is 232 cm³/mol. The van der Waals surface area contributed by atoms with E-state index in [1.807, 2.05) is 33.8 Å². The van der Waals surface area contributed by atoms with Crippen molar-refractivity contribution in [2.45, 2.75) is 78.3 Å². The molecular formula is C42H58N8O12. The molecule has 20 nitrogen and oxygen atoms in total. The summed E-state index contributed by atoms with van der Waals surface area (Å²) in [6.07, 6.45) is 5.05. The molecule has 62 heavy (non-hydrogen) atoms. The fraction of sp³-hybridized carbons (Fsp3) is 0.452. The molecule has 2 atom stereocenters. The summed E-state index contributed by atoms with van der Waals surface area (Å²) >= 11 is 0. The first-order chi connectivity index (χ1) is 29.4. The first kappa shape index (κ1) is 49.4. The number of allylic oxidation sites excluding steroid dienone is 4. The molecule has 0 radical (unpaired) electrons. The molecule has 1 heterocycles. The van der Waals surface area contributed by atoms with Crippen molar-refractivity contribution in [1.29, 1.82) is 10.8 Å². The number of benzene rings is 2. The van der Waals surface area contributed by atoms with Gasteiger partial charge >= 0.3 is 11.9 Å². The van der Waals surface area contributed by atoms with Crippen LogP contribution in [0.4, 0.5) is 0 Å². The Balaban J connectivity index is 2.09. The zero-order valence-electron chi connectivity index (χ0n) is 36.1. The number of methoxy groups -OCH3 is 3. The van der Waals surface area contributed by atoms with Gasteiger partial charge in [0.25, 0.3) is 11.8 Å². The van der Waals surface area contributed by atoms with Crippen molar-refractivity contribution < 1.29 is 52.4 Å². The summed E-state index contributed by atoms with van der Waals surface area (Å²) in [6.45, 7) is 6.84. The van der Waals surface area contributed by atoms with Crippen molar-refractivity contribution in [2.24, 2.45) is 11.5 Å². The highest BCUT2D eigenvalue weighted by atomic mass is 16.5. The minimum Gasteiger partial charge on any atom is -0.507 e. The van der Waals surface area contributed by atoms with E-state index in [9.17, 15) is 29.1 Å². The number of ether oxygens (including phenoxy) is 5. The fourth-order valence-corrected chi connectivity index (χ4v) is 6.27. The van der Waals surface area contributed by atoms with Crippen LogP contribution < -0.4 is 52.4 Å². The number of phenolic OH excluding ortho intramolecular Hbond substituents is 1. The molecule has 0 aliphatic heterocycles. The second kappa shape index (κ2) is 23.7. The lowest BCUT2D eigenvalue weighted by atomic mass is 9.98. The van der Waals surface area contributed by atoms with Gasteiger partial charge in [-0.05, 0) is 66.2 Å². The van der Waals surface area contributed by atoms with E-state index in [1.54, 1.807) is 6.08 Å². The Morgan fingerprint density at radius 1 is 0.742 bits per heavy atom. The Hall–Kier alpha value is -6.99. The molecule has 0 fully saturated rings. The summed E-state index contributed by atoms with van der Waals surface area (Å²) < 4.78 is 33.6. The molecule has 11 N–H and O–H groups in total. The molecule has 20 heteroatoms. The molecule has 2 aromatic carbocycles. The maximum Gasteiger partial charge on any atom is 0.328 e. The van der Waals surface area contributed by atoms with Gasteiger partial charge in [-0.3, -0.25) is 25.2 Å². The van der Waals surface area contributed by atoms with E-state index in [1.165, 1.54) is 33.5 Å². The average molecular weight is 867 g/mol. The van der Waals surface area contributed by atoms with Gasteiger partial charge < -0.3 is 65.9 Å². The first-order valence-electron chi connectivity index (χ1n) is 19.7. The van der Waals surface area contributed by atoms with E-state index in [0.29, 0.717) is 18.4 Å². The summed E-state index contributed by atoms with van der Waals surface area (Å²) in [5.41, 5.74) is 12.3. The fourth-order valence-electron chi connectivity index (χ4n) is 6.27. The van der Waals surface area contributed by atoms with E-state index in [4.69, 9.17) is 50.4 Å². The van der Waals surface area contributed by atoms with Gasteiger partial charge in [0.1, 0.15) is 40.1 Å². The largest absolute Gasteiger partial charge is 0.507 e. The predicted octanol–water partition coefficient (Wildman–Crippen LogP) is 2.28. The minimum atomic E-state index is -1.03. The lowest BCUT2D eigenvalue weighted by Crippen LogP contribution is -2.44. The zero-order chi connectivity index (χ0) is 46.1. The maximum absolute atomic E-state index is 14.6. The molecule has 338 valence electrons. The second-order valence-corrected chi connectivity index (χ2v) is 14.6. The number of hydrogen-bond acceptors (Lipinski definition) is 14. The Labute approximate surface area is 358 Å². The quantitative estimate of drug-likeness (QED) is 0.0165. The minimum absolute atomic E-state index is 0.0154. The number of nitrogens with one attached hydrogen (secondary N) is 6. The van der Waals surface area contributed by atoms with Gasteiger partial charge in [0.05, 0.1) is 26.7 Å². The van der Waals surface area contributed by atoms with E-state index in [2.05, 4.69) is 21.3 Å². The monoisotopic (exact) mass is 866 g/mol. The van der Waals surface area contributed by atoms with Gasteiger partial charge in [0, 0.05) is 36.3 Å². The lowest BCUT2D eigenvalue weighted by molar-refractivity contribution is -0.145. The molecule has 1 aromatic heterocycles. The third-order valence-corrected chi connectivity index (χ3v) is 9.27. The van der Waals surface area contributed by atoms with Crippen LogP contribution in [0.15, 0.2) is 44.6 Å². The number of fused-ring (bicyclic) bond motifs is 2. The van der Waals surface area contributed by atoms with Gasteiger partial charge in [-0.15, -0.1) is 0 Å². The highest BCUT2D eigenvalue weighted by molar-refractivity contribution is 5.98. The van der Waals surface area contributed by atoms with Crippen LogP contribution in [0.2, 0.25) is 0 Å². The molecular weight excluding hydrogens is 809 g/mol. The van der Waals surface area contributed by atoms with E-state index >= 15 is 0 Å². The van der Waals surface area contributed by atoms with E-state index in [-0.39, 0.29) is 95.4 Å². The van der Waals surface area contributed by atoms with E-state index < -0.39 is 60.2 Å². The van der Waals surface area contributed by atoms with Crippen LogP contribution in [0, 0.1) is 10.8 Å². The second-order valence-electron chi connectivity index (χ2n) is 14.6. The molecule has 3 aromatic rings. The highest BCUT2D eigenvalue weighted by Gasteiger charge is 2.27. The molecule has 0 bridgehead atoms. The van der Waals surface area contributed by atoms with Gasteiger partial charge in [-0.1, -0.05) is 23.3 Å².